The van der Waals surface area contributed by atoms with Crippen LogP contribution in [0.4, 0.5) is 14.5 Å². The highest BCUT2D eigenvalue weighted by Gasteiger charge is 2.21. The van der Waals surface area contributed by atoms with Crippen LogP contribution in [-0.4, -0.2) is 25.1 Å². The first kappa shape index (κ1) is 20.6. The Morgan fingerprint density at radius 1 is 1.18 bits per heavy atom. The maximum atomic E-state index is 13.2. The van der Waals surface area contributed by atoms with Gasteiger partial charge in [0.2, 0.25) is 0 Å². The molecule has 0 radical (unpaired) electrons. The molecule has 0 heterocycles. The highest BCUT2D eigenvalue weighted by atomic mass is 19.2. The number of nitrogens with zero attached hydrogens (tertiary/aromatic N) is 1. The Hall–Kier alpha value is -3.73. The van der Waals surface area contributed by atoms with Crippen molar-refractivity contribution in [1.82, 2.24) is 0 Å². The van der Waals surface area contributed by atoms with Crippen LogP contribution in [0.15, 0.2) is 48.0 Å². The van der Waals surface area contributed by atoms with E-state index in [2.05, 4.69) is 5.32 Å². The third-order valence-electron chi connectivity index (χ3n) is 3.59. The van der Waals surface area contributed by atoms with Gasteiger partial charge in [0.15, 0.2) is 17.7 Å². The Bertz CT molecular complexity index is 967. The molecule has 0 unspecified atom stereocenters. The van der Waals surface area contributed by atoms with E-state index >= 15 is 0 Å². The minimum atomic E-state index is -1.28. The Kier molecular flexibility index (Phi) is 6.82. The van der Waals surface area contributed by atoms with Gasteiger partial charge in [-0.25, -0.2) is 13.6 Å². The number of benzene rings is 2. The van der Waals surface area contributed by atoms with Crippen molar-refractivity contribution in [3.05, 3.63) is 65.2 Å². The van der Waals surface area contributed by atoms with E-state index in [1.165, 1.54) is 20.1 Å². The van der Waals surface area contributed by atoms with Gasteiger partial charge < -0.3 is 14.8 Å². The highest BCUT2D eigenvalue weighted by Crippen LogP contribution is 2.17. The van der Waals surface area contributed by atoms with E-state index in [0.717, 1.165) is 18.2 Å². The number of ether oxygens (including phenoxy) is 2. The highest BCUT2D eigenvalue weighted by molar-refractivity contribution is 6.01. The molecule has 28 heavy (non-hydrogen) atoms. The van der Waals surface area contributed by atoms with Crippen molar-refractivity contribution >= 4 is 23.6 Å². The fourth-order valence-corrected chi connectivity index (χ4v) is 2.13. The molecule has 1 atom stereocenters. The first-order valence-electron chi connectivity index (χ1n) is 8.06. The van der Waals surface area contributed by atoms with Crippen LogP contribution in [0.3, 0.4) is 0 Å². The summed E-state index contributed by atoms with van der Waals surface area (Å²) in [5.41, 5.74) is 0.215. The number of rotatable bonds is 6. The molecule has 0 spiro atoms. The van der Waals surface area contributed by atoms with Crippen molar-refractivity contribution in [3.63, 3.8) is 0 Å². The van der Waals surface area contributed by atoms with Crippen molar-refractivity contribution in [2.75, 3.05) is 12.4 Å². The Labute approximate surface area is 160 Å². The third-order valence-corrected chi connectivity index (χ3v) is 3.59. The van der Waals surface area contributed by atoms with E-state index in [9.17, 15) is 23.6 Å². The molecular formula is C20H16F2N2O4. The van der Waals surface area contributed by atoms with Gasteiger partial charge in [0.25, 0.3) is 5.91 Å². The number of hydrogen-bond donors (Lipinski definition) is 1. The summed E-state index contributed by atoms with van der Waals surface area (Å²) in [5, 5.41) is 11.5. The number of hydrogen-bond acceptors (Lipinski definition) is 5. The van der Waals surface area contributed by atoms with E-state index in [-0.39, 0.29) is 11.3 Å². The smallest absolute Gasteiger partial charge is 0.349 e. The zero-order chi connectivity index (χ0) is 20.7. The summed E-state index contributed by atoms with van der Waals surface area (Å²) in [5.74, 6) is -3.41. The Morgan fingerprint density at radius 3 is 2.57 bits per heavy atom. The van der Waals surface area contributed by atoms with Crippen LogP contribution in [0.1, 0.15) is 12.5 Å². The lowest BCUT2D eigenvalue weighted by molar-refractivity contribution is -0.148. The number of anilines is 1. The summed E-state index contributed by atoms with van der Waals surface area (Å²) in [6, 6.07) is 11.2. The van der Waals surface area contributed by atoms with E-state index in [0.29, 0.717) is 11.3 Å². The number of methoxy groups -OCH3 is 1. The van der Waals surface area contributed by atoms with Crippen LogP contribution in [0.2, 0.25) is 0 Å². The number of nitrogens with one attached hydrogen (secondary N) is 1. The molecule has 2 aromatic carbocycles. The normalized spacial score (nSPS) is 11.9. The number of carbonyl (C=O) groups is 2. The van der Waals surface area contributed by atoms with Crippen molar-refractivity contribution in [2.24, 2.45) is 0 Å². The molecule has 1 N–H and O–H groups in total. The van der Waals surface area contributed by atoms with Crippen LogP contribution >= 0.6 is 0 Å². The zero-order valence-corrected chi connectivity index (χ0v) is 15.0. The lowest BCUT2D eigenvalue weighted by Gasteiger charge is -2.13. The molecule has 0 saturated heterocycles. The van der Waals surface area contributed by atoms with Gasteiger partial charge in [0.1, 0.15) is 17.4 Å². The van der Waals surface area contributed by atoms with Crippen molar-refractivity contribution in [1.29, 1.82) is 5.26 Å². The standard InChI is InChI=1S/C20H16F2N2O4/c1-12(19(25)24-15-6-7-17(21)18(22)10-15)28-20(26)14(11-23)8-13-4-3-5-16(9-13)27-2/h3-10,12H,1-2H3,(H,24,25)/b14-8+/t12-/m1/s1. The number of amides is 1. The van der Waals surface area contributed by atoms with Gasteiger partial charge in [-0.2, -0.15) is 5.26 Å². The van der Waals surface area contributed by atoms with Gasteiger partial charge >= 0.3 is 5.97 Å². The summed E-state index contributed by atoms with van der Waals surface area (Å²) in [7, 11) is 1.48. The van der Waals surface area contributed by atoms with E-state index in [1.807, 2.05) is 0 Å². The molecule has 2 rings (SSSR count). The van der Waals surface area contributed by atoms with Crippen LogP contribution in [0.25, 0.3) is 6.08 Å². The molecule has 0 aliphatic heterocycles. The fraction of sp³-hybridized carbons (Fsp3) is 0.150. The molecule has 0 saturated carbocycles. The second kappa shape index (κ2) is 9.28. The largest absolute Gasteiger partial charge is 0.497 e. The van der Waals surface area contributed by atoms with E-state index in [1.54, 1.807) is 30.3 Å². The molecule has 0 fully saturated rings. The minimum absolute atomic E-state index is 0.000715. The molecule has 1 amide bonds. The maximum absolute atomic E-state index is 13.2. The summed E-state index contributed by atoms with van der Waals surface area (Å²) >= 11 is 0. The second-order valence-electron chi connectivity index (χ2n) is 5.61. The Morgan fingerprint density at radius 2 is 1.93 bits per heavy atom. The van der Waals surface area contributed by atoms with Crippen LogP contribution < -0.4 is 10.1 Å². The van der Waals surface area contributed by atoms with Crippen molar-refractivity contribution in [2.45, 2.75) is 13.0 Å². The molecular weight excluding hydrogens is 370 g/mol. The summed E-state index contributed by atoms with van der Waals surface area (Å²) in [6.07, 6.45) is 0.0212. The number of carbonyl (C=O) groups excluding carboxylic acids is 2. The number of halogens is 2. The average molecular weight is 386 g/mol. The van der Waals surface area contributed by atoms with E-state index < -0.39 is 29.6 Å². The Balaban J connectivity index is 2.06. The molecule has 144 valence electrons. The maximum Gasteiger partial charge on any atom is 0.349 e. The molecule has 0 aliphatic rings. The molecule has 0 aliphatic carbocycles. The van der Waals surface area contributed by atoms with Gasteiger partial charge in [0, 0.05) is 11.8 Å². The third kappa shape index (κ3) is 5.38. The first-order valence-corrected chi connectivity index (χ1v) is 8.06. The summed E-state index contributed by atoms with van der Waals surface area (Å²) in [6.45, 7) is 1.29. The predicted molar refractivity (Wildman–Crippen MR) is 97.1 cm³/mol. The van der Waals surface area contributed by atoms with Crippen molar-refractivity contribution < 1.29 is 27.8 Å². The zero-order valence-electron chi connectivity index (χ0n) is 15.0. The van der Waals surface area contributed by atoms with Gasteiger partial charge in [0.05, 0.1) is 7.11 Å². The van der Waals surface area contributed by atoms with Gasteiger partial charge in [-0.05, 0) is 42.8 Å². The quantitative estimate of drug-likeness (QED) is 0.467. The number of esters is 1. The first-order chi connectivity index (χ1) is 13.3. The van der Waals surface area contributed by atoms with Gasteiger partial charge in [-0.1, -0.05) is 12.1 Å². The summed E-state index contributed by atoms with van der Waals surface area (Å²) < 4.78 is 36.2. The average Bonchev–Trinajstić information content (AvgIpc) is 2.68. The van der Waals surface area contributed by atoms with Crippen LogP contribution in [-0.2, 0) is 14.3 Å². The SMILES string of the molecule is COc1cccc(/C=C(\C#N)C(=O)O[C@H](C)C(=O)Nc2ccc(F)c(F)c2)c1. The molecule has 0 aromatic heterocycles. The second-order valence-corrected chi connectivity index (χ2v) is 5.61. The summed E-state index contributed by atoms with van der Waals surface area (Å²) in [4.78, 5) is 24.2. The lowest BCUT2D eigenvalue weighted by atomic mass is 10.1. The molecule has 8 heteroatoms. The minimum Gasteiger partial charge on any atom is -0.497 e. The molecule has 2 aromatic rings. The molecule has 6 nitrogen and oxygen atoms in total. The van der Waals surface area contributed by atoms with Crippen LogP contribution in [0, 0.1) is 23.0 Å². The number of nitriles is 1. The topological polar surface area (TPSA) is 88.4 Å². The molecule has 0 bridgehead atoms. The fourth-order valence-electron chi connectivity index (χ4n) is 2.13. The monoisotopic (exact) mass is 386 g/mol. The van der Waals surface area contributed by atoms with Gasteiger partial charge in [-0.15, -0.1) is 0 Å². The van der Waals surface area contributed by atoms with Gasteiger partial charge in [-0.3, -0.25) is 4.79 Å². The van der Waals surface area contributed by atoms with Crippen LogP contribution in [0.5, 0.6) is 5.75 Å². The lowest BCUT2D eigenvalue weighted by Crippen LogP contribution is -2.30. The van der Waals surface area contributed by atoms with Crippen molar-refractivity contribution in [3.8, 4) is 11.8 Å². The van der Waals surface area contributed by atoms with E-state index in [4.69, 9.17) is 9.47 Å². The predicted octanol–water partition coefficient (Wildman–Crippen LogP) is 3.45.